The van der Waals surface area contributed by atoms with Crippen LogP contribution < -0.4 is 11.1 Å². The Morgan fingerprint density at radius 3 is 2.32 bits per heavy atom. The number of nitrogens with two attached hydrogens (primary N) is 1. The number of nitrogens with one attached hydrogen (secondary N) is 1. The quantitative estimate of drug-likeness (QED) is 0.878. The van der Waals surface area contributed by atoms with E-state index < -0.39 is 5.54 Å². The zero-order chi connectivity index (χ0) is 16.0. The van der Waals surface area contributed by atoms with E-state index in [2.05, 4.69) is 28.4 Å². The molecule has 1 heterocycles. The maximum atomic E-state index is 11.9. The molecule has 0 aromatic heterocycles. The van der Waals surface area contributed by atoms with Crippen molar-refractivity contribution >= 4 is 5.91 Å². The predicted molar refractivity (Wildman–Crippen MR) is 90.3 cm³/mol. The summed E-state index contributed by atoms with van der Waals surface area (Å²) in [6, 6.07) is 8.36. The molecule has 1 amide bonds. The molecule has 3 N–H and O–H groups in total. The first-order valence-electron chi connectivity index (χ1n) is 8.33. The molecule has 1 aromatic carbocycles. The number of benzene rings is 1. The van der Waals surface area contributed by atoms with Crippen LogP contribution in [-0.2, 0) is 17.9 Å². The van der Waals surface area contributed by atoms with Gasteiger partial charge < -0.3 is 11.1 Å². The summed E-state index contributed by atoms with van der Waals surface area (Å²) in [7, 11) is 0. The van der Waals surface area contributed by atoms with E-state index in [1.807, 2.05) is 6.07 Å². The lowest BCUT2D eigenvalue weighted by molar-refractivity contribution is -0.125. The lowest BCUT2D eigenvalue weighted by Crippen LogP contribution is -2.48. The van der Waals surface area contributed by atoms with Crippen molar-refractivity contribution in [1.82, 2.24) is 10.2 Å². The number of carbonyl (C=O) groups is 1. The lowest BCUT2D eigenvalue weighted by Gasteiger charge is -2.22. The molecular weight excluding hydrogens is 274 g/mol. The third-order valence-electron chi connectivity index (χ3n) is 4.24. The maximum absolute atomic E-state index is 11.9. The van der Waals surface area contributed by atoms with Crippen LogP contribution in [0.25, 0.3) is 0 Å². The Hall–Kier alpha value is -1.39. The van der Waals surface area contributed by atoms with Crippen molar-refractivity contribution in [3.05, 3.63) is 35.4 Å². The number of carbonyl (C=O) groups excluding carboxylic acids is 1. The Morgan fingerprint density at radius 1 is 1.14 bits per heavy atom. The molecule has 1 aliphatic heterocycles. The number of amides is 1. The highest BCUT2D eigenvalue weighted by Gasteiger charge is 2.21. The molecule has 1 aliphatic rings. The molecule has 22 heavy (non-hydrogen) atoms. The summed E-state index contributed by atoms with van der Waals surface area (Å²) in [6.07, 6.45) is 5.28. The second-order valence-corrected chi connectivity index (χ2v) is 6.86. The largest absolute Gasteiger partial charge is 0.350 e. The molecule has 0 saturated carbocycles. The number of rotatable bonds is 5. The molecule has 0 aliphatic carbocycles. The Kier molecular flexibility index (Phi) is 5.98. The van der Waals surface area contributed by atoms with E-state index in [1.165, 1.54) is 49.9 Å². The summed E-state index contributed by atoms with van der Waals surface area (Å²) < 4.78 is 0. The molecule has 1 saturated heterocycles. The highest BCUT2D eigenvalue weighted by atomic mass is 16.2. The van der Waals surface area contributed by atoms with Gasteiger partial charge in [0.15, 0.2) is 0 Å². The Labute approximate surface area is 134 Å². The fourth-order valence-electron chi connectivity index (χ4n) is 2.82. The fraction of sp³-hybridized carbons (Fsp3) is 0.611. The maximum Gasteiger partial charge on any atom is 0.239 e. The van der Waals surface area contributed by atoms with E-state index in [-0.39, 0.29) is 5.91 Å². The van der Waals surface area contributed by atoms with Crippen LogP contribution in [-0.4, -0.2) is 29.4 Å². The molecule has 122 valence electrons. The summed E-state index contributed by atoms with van der Waals surface area (Å²) in [5, 5.41) is 2.95. The molecule has 0 bridgehead atoms. The van der Waals surface area contributed by atoms with Crippen molar-refractivity contribution in [3.8, 4) is 0 Å². The van der Waals surface area contributed by atoms with Gasteiger partial charge in [0, 0.05) is 13.1 Å². The van der Waals surface area contributed by atoms with Crippen molar-refractivity contribution in [1.29, 1.82) is 0 Å². The van der Waals surface area contributed by atoms with Crippen LogP contribution in [0.3, 0.4) is 0 Å². The molecule has 0 spiro atoms. The molecule has 1 aromatic rings. The predicted octanol–water partition coefficient (Wildman–Crippen LogP) is 2.42. The van der Waals surface area contributed by atoms with E-state index in [4.69, 9.17) is 5.73 Å². The normalized spacial score (nSPS) is 17.0. The van der Waals surface area contributed by atoms with Gasteiger partial charge in [0.1, 0.15) is 0 Å². The first-order chi connectivity index (χ1) is 10.5. The van der Waals surface area contributed by atoms with Gasteiger partial charge in [-0.05, 0) is 50.9 Å². The molecule has 0 atom stereocenters. The number of likely N-dealkylation sites (tertiary alicyclic amines) is 1. The summed E-state index contributed by atoms with van der Waals surface area (Å²) in [5.41, 5.74) is 7.48. The average molecular weight is 303 g/mol. The second kappa shape index (κ2) is 7.75. The van der Waals surface area contributed by atoms with E-state index in [1.54, 1.807) is 13.8 Å². The number of hydrogen-bond acceptors (Lipinski definition) is 3. The molecule has 2 rings (SSSR count). The van der Waals surface area contributed by atoms with Crippen LogP contribution in [0, 0.1) is 0 Å². The minimum Gasteiger partial charge on any atom is -0.350 e. The first-order valence-corrected chi connectivity index (χ1v) is 8.33. The van der Waals surface area contributed by atoms with Gasteiger partial charge in [-0.1, -0.05) is 37.1 Å². The van der Waals surface area contributed by atoms with Crippen molar-refractivity contribution in [2.24, 2.45) is 5.73 Å². The Bertz CT molecular complexity index is 485. The topological polar surface area (TPSA) is 58.4 Å². The second-order valence-electron chi connectivity index (χ2n) is 6.86. The van der Waals surface area contributed by atoms with Gasteiger partial charge in [0.25, 0.3) is 0 Å². The minimum absolute atomic E-state index is 0.114. The Balaban J connectivity index is 1.98. The van der Waals surface area contributed by atoms with Gasteiger partial charge in [0.2, 0.25) is 5.91 Å². The fourth-order valence-corrected chi connectivity index (χ4v) is 2.82. The van der Waals surface area contributed by atoms with Crippen LogP contribution in [0.15, 0.2) is 24.3 Å². The molecular formula is C18H29N3O. The highest BCUT2D eigenvalue weighted by molar-refractivity contribution is 5.85. The lowest BCUT2D eigenvalue weighted by atomic mass is 10.0. The van der Waals surface area contributed by atoms with Gasteiger partial charge in [-0.2, -0.15) is 0 Å². The van der Waals surface area contributed by atoms with Gasteiger partial charge in [-0.25, -0.2) is 0 Å². The van der Waals surface area contributed by atoms with Crippen LogP contribution >= 0.6 is 0 Å². The zero-order valence-electron chi connectivity index (χ0n) is 13.9. The molecule has 0 unspecified atom stereocenters. The first kappa shape index (κ1) is 17.0. The minimum atomic E-state index is -0.834. The Morgan fingerprint density at radius 2 is 1.73 bits per heavy atom. The van der Waals surface area contributed by atoms with Gasteiger partial charge in [-0.3, -0.25) is 9.69 Å². The summed E-state index contributed by atoms with van der Waals surface area (Å²) in [6.45, 7) is 7.32. The summed E-state index contributed by atoms with van der Waals surface area (Å²) >= 11 is 0. The van der Waals surface area contributed by atoms with Crippen LogP contribution in [0.5, 0.6) is 0 Å². The monoisotopic (exact) mass is 303 g/mol. The smallest absolute Gasteiger partial charge is 0.239 e. The van der Waals surface area contributed by atoms with Crippen LogP contribution in [0.2, 0.25) is 0 Å². The number of nitrogens with zero attached hydrogens (tertiary/aromatic N) is 1. The molecule has 4 nitrogen and oxygen atoms in total. The van der Waals surface area contributed by atoms with E-state index in [9.17, 15) is 4.79 Å². The zero-order valence-corrected chi connectivity index (χ0v) is 13.9. The summed E-state index contributed by atoms with van der Waals surface area (Å²) in [5.74, 6) is -0.114. The number of hydrogen-bond donors (Lipinski definition) is 2. The van der Waals surface area contributed by atoms with Gasteiger partial charge in [-0.15, -0.1) is 0 Å². The van der Waals surface area contributed by atoms with E-state index in [0.29, 0.717) is 6.54 Å². The average Bonchev–Trinajstić information content (AvgIpc) is 2.73. The standard InChI is InChI=1S/C18H29N3O/c1-18(2,19)17(22)20-13-15-9-5-6-10-16(15)14-21-11-7-3-4-8-12-21/h5-6,9-10H,3-4,7-8,11-14,19H2,1-2H3,(H,20,22). The summed E-state index contributed by atoms with van der Waals surface area (Å²) in [4.78, 5) is 14.5. The van der Waals surface area contributed by atoms with Crippen molar-refractivity contribution < 1.29 is 4.79 Å². The van der Waals surface area contributed by atoms with Gasteiger partial charge in [0.05, 0.1) is 5.54 Å². The van der Waals surface area contributed by atoms with Gasteiger partial charge >= 0.3 is 0 Å². The molecule has 1 fully saturated rings. The third-order valence-corrected chi connectivity index (χ3v) is 4.24. The van der Waals surface area contributed by atoms with E-state index in [0.717, 1.165) is 6.54 Å². The molecule has 4 heteroatoms. The highest BCUT2D eigenvalue weighted by Crippen LogP contribution is 2.16. The van der Waals surface area contributed by atoms with Crippen LogP contribution in [0.1, 0.15) is 50.7 Å². The van der Waals surface area contributed by atoms with Crippen molar-refractivity contribution in [3.63, 3.8) is 0 Å². The molecule has 0 radical (unpaired) electrons. The van der Waals surface area contributed by atoms with E-state index >= 15 is 0 Å². The SMILES string of the molecule is CC(C)(N)C(=O)NCc1ccccc1CN1CCCCCC1. The van der Waals surface area contributed by atoms with Crippen LogP contribution in [0.4, 0.5) is 0 Å². The third kappa shape index (κ3) is 5.11. The van der Waals surface area contributed by atoms with Crippen molar-refractivity contribution in [2.75, 3.05) is 13.1 Å². The van der Waals surface area contributed by atoms with Crippen molar-refractivity contribution in [2.45, 2.75) is 58.2 Å².